The Balaban J connectivity index is 2.17. The third kappa shape index (κ3) is 13.5. The van der Waals surface area contributed by atoms with Gasteiger partial charge in [-0.2, -0.15) is 0 Å². The Bertz CT molecular complexity index is 636. The molecule has 0 saturated carbocycles. The fraction of sp³-hybridized carbons (Fsp3) is 0.724. The van der Waals surface area contributed by atoms with Crippen molar-refractivity contribution >= 4 is 11.9 Å². The maximum atomic E-state index is 12.5. The van der Waals surface area contributed by atoms with Gasteiger partial charge in [0.25, 0.3) is 0 Å². The van der Waals surface area contributed by atoms with Gasteiger partial charge in [-0.1, -0.05) is 123 Å². The summed E-state index contributed by atoms with van der Waals surface area (Å²) in [5.74, 6) is -0.539. The van der Waals surface area contributed by atoms with Crippen LogP contribution in [0.3, 0.4) is 0 Å². The van der Waals surface area contributed by atoms with E-state index < -0.39 is 11.9 Å². The monoisotopic (exact) mass is 460 g/mol. The fourth-order valence-corrected chi connectivity index (χ4v) is 4.00. The number of unbranched alkanes of at least 4 members (excludes halogenated alkanes) is 12. The van der Waals surface area contributed by atoms with Gasteiger partial charge in [0.15, 0.2) is 0 Å². The summed E-state index contributed by atoms with van der Waals surface area (Å²) < 4.78 is 10.9. The molecule has 0 atom stereocenters. The van der Waals surface area contributed by atoms with Crippen LogP contribution in [0.15, 0.2) is 24.3 Å². The van der Waals surface area contributed by atoms with Gasteiger partial charge in [0, 0.05) is 0 Å². The highest BCUT2D eigenvalue weighted by Crippen LogP contribution is 2.16. The molecular formula is C29H48O4. The Morgan fingerprint density at radius 3 is 1.52 bits per heavy atom. The Morgan fingerprint density at radius 2 is 1.06 bits per heavy atom. The summed E-state index contributed by atoms with van der Waals surface area (Å²) in [7, 11) is 0. The third-order valence-electron chi connectivity index (χ3n) is 6.45. The first-order valence-electron chi connectivity index (χ1n) is 13.6. The SMILES string of the molecule is CCCCCCCCCCCCCCCOC(=O)c1ccccc1C(=O)OCC(CC)CC. The van der Waals surface area contributed by atoms with Crippen molar-refractivity contribution in [3.8, 4) is 0 Å². The smallest absolute Gasteiger partial charge is 0.339 e. The molecule has 0 fully saturated rings. The van der Waals surface area contributed by atoms with Gasteiger partial charge >= 0.3 is 11.9 Å². The minimum atomic E-state index is -0.449. The van der Waals surface area contributed by atoms with Crippen LogP contribution in [0.5, 0.6) is 0 Å². The van der Waals surface area contributed by atoms with Gasteiger partial charge in [0.05, 0.1) is 24.3 Å². The minimum absolute atomic E-state index is 0.291. The summed E-state index contributed by atoms with van der Waals surface area (Å²) >= 11 is 0. The summed E-state index contributed by atoms with van der Waals surface area (Å²) in [6.45, 7) is 7.22. The molecule has 188 valence electrons. The van der Waals surface area contributed by atoms with Crippen LogP contribution in [0.25, 0.3) is 0 Å². The summed E-state index contributed by atoms with van der Waals surface area (Å²) in [5, 5.41) is 0. The molecule has 0 aliphatic heterocycles. The Morgan fingerprint density at radius 1 is 0.636 bits per heavy atom. The lowest BCUT2D eigenvalue weighted by Crippen LogP contribution is -2.17. The quantitative estimate of drug-likeness (QED) is 0.144. The van der Waals surface area contributed by atoms with Crippen LogP contribution in [0.1, 0.15) is 138 Å². The van der Waals surface area contributed by atoms with Crippen molar-refractivity contribution in [2.45, 2.75) is 117 Å². The predicted octanol–water partition coefficient (Wildman–Crippen LogP) is 8.53. The van der Waals surface area contributed by atoms with E-state index >= 15 is 0 Å². The van der Waals surface area contributed by atoms with Crippen molar-refractivity contribution in [1.82, 2.24) is 0 Å². The van der Waals surface area contributed by atoms with Gasteiger partial charge in [0.1, 0.15) is 0 Å². The molecule has 0 amide bonds. The first-order chi connectivity index (χ1) is 16.1. The number of rotatable bonds is 20. The van der Waals surface area contributed by atoms with E-state index in [4.69, 9.17) is 9.47 Å². The van der Waals surface area contributed by atoms with Gasteiger partial charge in [-0.05, 0) is 24.5 Å². The summed E-state index contributed by atoms with van der Waals surface area (Å²) in [6, 6.07) is 6.77. The highest BCUT2D eigenvalue weighted by atomic mass is 16.5. The van der Waals surface area contributed by atoms with Gasteiger partial charge < -0.3 is 9.47 Å². The van der Waals surface area contributed by atoms with Crippen molar-refractivity contribution in [3.63, 3.8) is 0 Å². The Kier molecular flexibility index (Phi) is 17.4. The molecule has 33 heavy (non-hydrogen) atoms. The predicted molar refractivity (Wildman–Crippen MR) is 137 cm³/mol. The highest BCUT2D eigenvalue weighted by Gasteiger charge is 2.19. The van der Waals surface area contributed by atoms with Crippen molar-refractivity contribution in [1.29, 1.82) is 0 Å². The summed E-state index contributed by atoms with van der Waals surface area (Å²) in [5.41, 5.74) is 0.584. The van der Waals surface area contributed by atoms with Crippen LogP contribution in [0, 0.1) is 5.92 Å². The van der Waals surface area contributed by atoms with Crippen LogP contribution < -0.4 is 0 Å². The van der Waals surface area contributed by atoms with E-state index in [0.717, 1.165) is 25.7 Å². The molecule has 0 unspecified atom stereocenters. The number of carbonyl (C=O) groups is 2. The summed E-state index contributed by atoms with van der Waals surface area (Å²) in [4.78, 5) is 25.0. The van der Waals surface area contributed by atoms with Crippen molar-refractivity contribution in [3.05, 3.63) is 35.4 Å². The van der Waals surface area contributed by atoms with E-state index in [1.807, 2.05) is 0 Å². The Hall–Kier alpha value is -1.84. The standard InChI is InChI=1S/C29H48O4/c1-4-7-8-9-10-11-12-13-14-15-16-17-20-23-32-28(30)26-21-18-19-22-27(26)29(31)33-24-25(5-2)6-3/h18-19,21-22,25H,4-17,20,23-24H2,1-3H3. The zero-order valence-corrected chi connectivity index (χ0v) is 21.5. The lowest BCUT2D eigenvalue weighted by Gasteiger charge is -2.14. The van der Waals surface area contributed by atoms with Crippen molar-refractivity contribution < 1.29 is 19.1 Å². The van der Waals surface area contributed by atoms with Crippen molar-refractivity contribution in [2.75, 3.05) is 13.2 Å². The first-order valence-corrected chi connectivity index (χ1v) is 13.6. The second-order valence-corrected chi connectivity index (χ2v) is 9.21. The molecule has 0 heterocycles. The molecule has 4 nitrogen and oxygen atoms in total. The second-order valence-electron chi connectivity index (χ2n) is 9.21. The van der Waals surface area contributed by atoms with E-state index in [0.29, 0.717) is 30.3 Å². The molecule has 0 bridgehead atoms. The van der Waals surface area contributed by atoms with E-state index in [1.165, 1.54) is 70.6 Å². The van der Waals surface area contributed by atoms with Gasteiger partial charge in [-0.25, -0.2) is 9.59 Å². The maximum Gasteiger partial charge on any atom is 0.339 e. The zero-order valence-electron chi connectivity index (χ0n) is 21.5. The van der Waals surface area contributed by atoms with Crippen molar-refractivity contribution in [2.24, 2.45) is 5.92 Å². The molecule has 1 aromatic carbocycles. The number of carbonyl (C=O) groups excluding carboxylic acids is 2. The molecule has 1 rings (SSSR count). The van der Waals surface area contributed by atoms with Crippen LogP contribution in [0.2, 0.25) is 0 Å². The maximum absolute atomic E-state index is 12.5. The van der Waals surface area contributed by atoms with Crippen LogP contribution in [-0.4, -0.2) is 25.2 Å². The van der Waals surface area contributed by atoms with E-state index in [9.17, 15) is 9.59 Å². The molecule has 4 heteroatoms. The van der Waals surface area contributed by atoms with E-state index in [1.54, 1.807) is 24.3 Å². The van der Waals surface area contributed by atoms with E-state index in [-0.39, 0.29) is 0 Å². The first kappa shape index (κ1) is 29.2. The lowest BCUT2D eigenvalue weighted by atomic mass is 10.0. The van der Waals surface area contributed by atoms with Crippen LogP contribution >= 0.6 is 0 Å². The molecular weight excluding hydrogens is 412 g/mol. The number of hydrogen-bond acceptors (Lipinski definition) is 4. The molecule has 0 N–H and O–H groups in total. The lowest BCUT2D eigenvalue weighted by molar-refractivity contribution is 0.0408. The topological polar surface area (TPSA) is 52.6 Å². The fourth-order valence-electron chi connectivity index (χ4n) is 4.00. The molecule has 0 spiro atoms. The number of benzene rings is 1. The third-order valence-corrected chi connectivity index (χ3v) is 6.45. The molecule has 0 radical (unpaired) electrons. The molecule has 1 aromatic rings. The van der Waals surface area contributed by atoms with Gasteiger partial charge in [0.2, 0.25) is 0 Å². The number of esters is 2. The normalized spacial score (nSPS) is 11.0. The van der Waals surface area contributed by atoms with E-state index in [2.05, 4.69) is 20.8 Å². The molecule has 0 aliphatic rings. The zero-order chi connectivity index (χ0) is 24.2. The minimum Gasteiger partial charge on any atom is -0.462 e. The van der Waals surface area contributed by atoms with Crippen LogP contribution in [-0.2, 0) is 9.47 Å². The van der Waals surface area contributed by atoms with Gasteiger partial charge in [-0.3, -0.25) is 0 Å². The highest BCUT2D eigenvalue weighted by molar-refractivity contribution is 6.03. The number of hydrogen-bond donors (Lipinski definition) is 0. The second kappa shape index (κ2) is 19.6. The average Bonchev–Trinajstić information content (AvgIpc) is 2.84. The molecule has 0 aliphatic carbocycles. The largest absolute Gasteiger partial charge is 0.462 e. The van der Waals surface area contributed by atoms with Gasteiger partial charge in [-0.15, -0.1) is 0 Å². The number of ether oxygens (including phenoxy) is 2. The molecule has 0 aromatic heterocycles. The Labute approximate surface area is 202 Å². The summed E-state index contributed by atoms with van der Waals surface area (Å²) in [6.07, 6.45) is 18.6. The molecule has 0 saturated heterocycles. The average molecular weight is 461 g/mol. The van der Waals surface area contributed by atoms with Crippen LogP contribution in [0.4, 0.5) is 0 Å².